The van der Waals surface area contributed by atoms with Crippen LogP contribution in [0.25, 0.3) is 21.6 Å². The van der Waals surface area contributed by atoms with E-state index >= 15 is 0 Å². The SMILES string of the molecule is C.CCOc1c(C)cc(CCNC(=O)c2cnc3nc(C4CC4)sc3c2)nc1-c1ccc(F)c(Cl)c1. The Kier molecular flexibility index (Phi) is 7.85. The highest BCUT2D eigenvalue weighted by atomic mass is 35.5. The zero-order chi connectivity index (χ0) is 24.5. The number of fused-ring (bicyclic) bond motifs is 1. The molecule has 0 radical (unpaired) electrons. The Morgan fingerprint density at radius 1 is 1.25 bits per heavy atom. The molecule has 1 amide bonds. The summed E-state index contributed by atoms with van der Waals surface area (Å²) in [5.41, 5.74) is 4.18. The van der Waals surface area contributed by atoms with Gasteiger partial charge in [0.2, 0.25) is 0 Å². The van der Waals surface area contributed by atoms with E-state index in [1.165, 1.54) is 18.9 Å². The maximum absolute atomic E-state index is 13.7. The number of aryl methyl sites for hydroxylation is 1. The van der Waals surface area contributed by atoms with Crippen LogP contribution in [0, 0.1) is 12.7 Å². The maximum atomic E-state index is 13.7. The standard InChI is InChI=1S/C26H24ClFN4O2S.CH4/c1-3-34-23-14(2)10-18(31-22(23)16-6-7-20(28)19(27)11-16)8-9-29-25(33)17-12-21-24(30-13-17)32-26(35-21)15-4-5-15;/h6-7,10-13,15H,3-5,8-9H2,1-2H3,(H,29,33);1H4. The van der Waals surface area contributed by atoms with Crippen LogP contribution in [0.3, 0.4) is 0 Å². The van der Waals surface area contributed by atoms with E-state index in [2.05, 4.69) is 15.3 Å². The van der Waals surface area contributed by atoms with E-state index in [9.17, 15) is 9.18 Å². The Bertz CT molecular complexity index is 1420. The topological polar surface area (TPSA) is 77.0 Å². The molecule has 5 rings (SSSR count). The zero-order valence-electron chi connectivity index (χ0n) is 19.4. The first-order valence-electron chi connectivity index (χ1n) is 11.6. The molecular formula is C27H28ClFN4O2S. The highest BCUT2D eigenvalue weighted by molar-refractivity contribution is 7.18. The summed E-state index contributed by atoms with van der Waals surface area (Å²) in [5, 5.41) is 4.09. The Balaban J connectivity index is 0.00000304. The van der Waals surface area contributed by atoms with E-state index in [1.807, 2.05) is 26.0 Å². The van der Waals surface area contributed by atoms with Crippen LogP contribution in [0.5, 0.6) is 5.75 Å². The van der Waals surface area contributed by atoms with Crippen molar-refractivity contribution in [2.75, 3.05) is 13.2 Å². The molecule has 3 heterocycles. The molecule has 36 heavy (non-hydrogen) atoms. The molecule has 188 valence electrons. The zero-order valence-corrected chi connectivity index (χ0v) is 21.0. The lowest BCUT2D eigenvalue weighted by atomic mass is 10.1. The number of benzene rings is 1. The number of carbonyl (C=O) groups is 1. The summed E-state index contributed by atoms with van der Waals surface area (Å²) < 4.78 is 20.5. The van der Waals surface area contributed by atoms with Gasteiger partial charge in [-0.3, -0.25) is 4.79 Å². The third kappa shape index (κ3) is 5.50. The molecule has 0 aliphatic heterocycles. The van der Waals surface area contributed by atoms with Crippen LogP contribution in [-0.2, 0) is 6.42 Å². The smallest absolute Gasteiger partial charge is 0.252 e. The number of thiazole rings is 1. The van der Waals surface area contributed by atoms with E-state index in [0.717, 1.165) is 21.0 Å². The normalized spacial score (nSPS) is 12.9. The second-order valence-electron chi connectivity index (χ2n) is 8.55. The van der Waals surface area contributed by atoms with Gasteiger partial charge >= 0.3 is 0 Å². The van der Waals surface area contributed by atoms with Gasteiger partial charge in [0.05, 0.1) is 26.9 Å². The minimum Gasteiger partial charge on any atom is -0.491 e. The summed E-state index contributed by atoms with van der Waals surface area (Å²) in [6.07, 6.45) is 4.46. The van der Waals surface area contributed by atoms with E-state index in [0.29, 0.717) is 53.7 Å². The van der Waals surface area contributed by atoms with Crippen molar-refractivity contribution >= 4 is 39.2 Å². The molecule has 1 aliphatic rings. The number of nitrogens with one attached hydrogen (secondary N) is 1. The average molecular weight is 527 g/mol. The number of pyridine rings is 2. The van der Waals surface area contributed by atoms with Gasteiger partial charge in [0.1, 0.15) is 17.3 Å². The van der Waals surface area contributed by atoms with Crippen molar-refractivity contribution in [2.24, 2.45) is 0 Å². The highest BCUT2D eigenvalue weighted by Crippen LogP contribution is 2.43. The van der Waals surface area contributed by atoms with Crippen LogP contribution in [0.2, 0.25) is 5.02 Å². The number of ether oxygens (including phenoxy) is 1. The third-order valence-corrected chi connectivity index (χ3v) is 7.26. The van der Waals surface area contributed by atoms with Gasteiger partial charge in [-0.05, 0) is 62.6 Å². The number of amides is 1. The van der Waals surface area contributed by atoms with Crippen LogP contribution in [0.15, 0.2) is 36.5 Å². The first kappa shape index (κ1) is 26.0. The molecule has 1 saturated carbocycles. The van der Waals surface area contributed by atoms with Gasteiger partial charge in [0.25, 0.3) is 5.91 Å². The van der Waals surface area contributed by atoms with Crippen LogP contribution < -0.4 is 10.1 Å². The summed E-state index contributed by atoms with van der Waals surface area (Å²) in [4.78, 5) is 26.4. The molecule has 3 aromatic heterocycles. The number of halogens is 2. The van der Waals surface area contributed by atoms with Crippen molar-refractivity contribution < 1.29 is 13.9 Å². The van der Waals surface area contributed by atoms with Crippen LogP contribution in [0.4, 0.5) is 4.39 Å². The third-order valence-electron chi connectivity index (χ3n) is 5.81. The Morgan fingerprint density at radius 2 is 2.06 bits per heavy atom. The summed E-state index contributed by atoms with van der Waals surface area (Å²) in [5.74, 6) is 0.526. The Hall–Kier alpha value is -3.10. The lowest BCUT2D eigenvalue weighted by Crippen LogP contribution is -2.26. The largest absolute Gasteiger partial charge is 0.491 e. The summed E-state index contributed by atoms with van der Waals surface area (Å²) in [6.45, 7) is 4.71. The molecule has 0 atom stereocenters. The van der Waals surface area contributed by atoms with Gasteiger partial charge in [-0.15, -0.1) is 11.3 Å². The predicted octanol–water partition coefficient (Wildman–Crippen LogP) is 6.74. The van der Waals surface area contributed by atoms with E-state index < -0.39 is 5.82 Å². The molecule has 0 bridgehead atoms. The number of aromatic nitrogens is 3. The average Bonchev–Trinajstić information content (AvgIpc) is 3.61. The van der Waals surface area contributed by atoms with Crippen LogP contribution >= 0.6 is 22.9 Å². The molecule has 1 fully saturated rings. The Morgan fingerprint density at radius 3 is 2.78 bits per heavy atom. The predicted molar refractivity (Wildman–Crippen MR) is 143 cm³/mol. The fraction of sp³-hybridized carbons (Fsp3) is 0.333. The van der Waals surface area contributed by atoms with Gasteiger partial charge in [-0.2, -0.15) is 0 Å². The quantitative estimate of drug-likeness (QED) is 0.275. The minimum atomic E-state index is -0.487. The molecular weight excluding hydrogens is 499 g/mol. The molecule has 4 aromatic rings. The number of carbonyl (C=O) groups excluding carboxylic acids is 1. The molecule has 1 N–H and O–H groups in total. The lowest BCUT2D eigenvalue weighted by molar-refractivity contribution is 0.0954. The van der Waals surface area contributed by atoms with Gasteiger partial charge in [-0.1, -0.05) is 19.0 Å². The minimum absolute atomic E-state index is 0. The van der Waals surface area contributed by atoms with Gasteiger partial charge < -0.3 is 10.1 Å². The molecule has 1 aromatic carbocycles. The summed E-state index contributed by atoms with van der Waals surface area (Å²) in [6, 6.07) is 8.30. The summed E-state index contributed by atoms with van der Waals surface area (Å²) >= 11 is 7.63. The van der Waals surface area contributed by atoms with Crippen molar-refractivity contribution in [2.45, 2.75) is 46.5 Å². The summed E-state index contributed by atoms with van der Waals surface area (Å²) in [7, 11) is 0. The fourth-order valence-electron chi connectivity index (χ4n) is 3.89. The van der Waals surface area contributed by atoms with Crippen molar-refractivity contribution in [3.63, 3.8) is 0 Å². The lowest BCUT2D eigenvalue weighted by Gasteiger charge is -2.15. The second kappa shape index (κ2) is 10.9. The van der Waals surface area contributed by atoms with E-state index in [-0.39, 0.29) is 18.4 Å². The molecule has 0 spiro atoms. The molecule has 0 unspecified atom stereocenters. The molecule has 6 nitrogen and oxygen atoms in total. The highest BCUT2D eigenvalue weighted by Gasteiger charge is 2.27. The van der Waals surface area contributed by atoms with Crippen molar-refractivity contribution in [1.29, 1.82) is 0 Å². The monoisotopic (exact) mass is 526 g/mol. The van der Waals surface area contributed by atoms with E-state index in [1.54, 1.807) is 29.7 Å². The number of hydrogen-bond donors (Lipinski definition) is 1. The van der Waals surface area contributed by atoms with Crippen molar-refractivity contribution in [3.05, 3.63) is 69.2 Å². The van der Waals surface area contributed by atoms with Gasteiger partial charge in [0.15, 0.2) is 5.65 Å². The Labute approximate surface area is 218 Å². The molecule has 1 aliphatic carbocycles. The first-order valence-corrected chi connectivity index (χ1v) is 12.8. The van der Waals surface area contributed by atoms with Crippen molar-refractivity contribution in [3.8, 4) is 17.0 Å². The number of rotatable bonds is 8. The fourth-order valence-corrected chi connectivity index (χ4v) is 5.21. The maximum Gasteiger partial charge on any atom is 0.252 e. The van der Waals surface area contributed by atoms with E-state index in [4.69, 9.17) is 21.3 Å². The number of hydrogen-bond acceptors (Lipinski definition) is 6. The first-order chi connectivity index (χ1) is 16.9. The molecule has 0 saturated heterocycles. The second-order valence-corrected chi connectivity index (χ2v) is 10.0. The van der Waals surface area contributed by atoms with Crippen LogP contribution in [0.1, 0.15) is 59.7 Å². The van der Waals surface area contributed by atoms with Crippen molar-refractivity contribution in [1.82, 2.24) is 20.3 Å². The van der Waals surface area contributed by atoms with Gasteiger partial charge in [-0.25, -0.2) is 19.3 Å². The number of nitrogens with zero attached hydrogens (tertiary/aromatic N) is 3. The van der Waals surface area contributed by atoms with Gasteiger partial charge in [0, 0.05) is 36.3 Å². The van der Waals surface area contributed by atoms with Crippen LogP contribution in [-0.4, -0.2) is 34.0 Å². The molecule has 9 heteroatoms.